The van der Waals surface area contributed by atoms with E-state index < -0.39 is 24.4 Å². The van der Waals surface area contributed by atoms with Gasteiger partial charge in [-0.2, -0.15) is 8.78 Å². The molecule has 0 spiro atoms. The predicted octanol–water partition coefficient (Wildman–Crippen LogP) is 4.03. The number of carbonyl (C=O) groups excluding carboxylic acids is 1. The first-order valence-electron chi connectivity index (χ1n) is 4.40. The Bertz CT molecular complexity index is 435. The number of halogens is 5. The van der Waals surface area contributed by atoms with Crippen LogP contribution in [0, 0.1) is 3.57 Å². The summed E-state index contributed by atoms with van der Waals surface area (Å²) in [6, 6.07) is 1.89. The fourth-order valence-electron chi connectivity index (χ4n) is 1.24. The largest absolute Gasteiger partial charge is 0.434 e. The minimum Gasteiger partial charge on any atom is -0.434 e. The van der Waals surface area contributed by atoms with Crippen LogP contribution in [0.2, 0.25) is 0 Å². The van der Waals surface area contributed by atoms with Crippen LogP contribution >= 0.6 is 22.6 Å². The SMILES string of the molecule is CC(=O)c1cc(OC(F)F)c(I)cc1C(F)F. The molecule has 7 heteroatoms. The first kappa shape index (κ1) is 14.2. The Morgan fingerprint density at radius 1 is 1.29 bits per heavy atom. The van der Waals surface area contributed by atoms with Gasteiger partial charge in [0.1, 0.15) is 5.75 Å². The third-order valence-corrected chi connectivity index (χ3v) is 2.78. The molecule has 0 bridgehead atoms. The van der Waals surface area contributed by atoms with Crippen LogP contribution in [0.3, 0.4) is 0 Å². The van der Waals surface area contributed by atoms with Gasteiger partial charge in [-0.1, -0.05) is 0 Å². The third-order valence-electron chi connectivity index (χ3n) is 1.93. The van der Waals surface area contributed by atoms with Gasteiger partial charge in [0.25, 0.3) is 6.43 Å². The second-order valence-corrected chi connectivity index (χ2v) is 4.27. The number of Topliss-reactive ketones (excluding diaryl/α,β-unsaturated/α-hetero) is 1. The van der Waals surface area contributed by atoms with Crippen LogP contribution in [0.15, 0.2) is 12.1 Å². The molecular weight excluding hydrogens is 355 g/mol. The van der Waals surface area contributed by atoms with Crippen molar-refractivity contribution < 1.29 is 27.1 Å². The number of benzene rings is 1. The van der Waals surface area contributed by atoms with E-state index in [0.717, 1.165) is 19.1 Å². The van der Waals surface area contributed by atoms with Gasteiger partial charge >= 0.3 is 6.61 Å². The maximum atomic E-state index is 12.6. The topological polar surface area (TPSA) is 26.3 Å². The van der Waals surface area contributed by atoms with Crippen LogP contribution in [-0.4, -0.2) is 12.4 Å². The number of carbonyl (C=O) groups is 1. The van der Waals surface area contributed by atoms with E-state index in [0.29, 0.717) is 0 Å². The van der Waals surface area contributed by atoms with E-state index in [9.17, 15) is 22.4 Å². The molecule has 17 heavy (non-hydrogen) atoms. The first-order valence-corrected chi connectivity index (χ1v) is 5.48. The molecule has 1 aromatic carbocycles. The van der Waals surface area contributed by atoms with Gasteiger partial charge < -0.3 is 4.74 Å². The Kier molecular flexibility index (Phi) is 4.72. The average molecular weight is 362 g/mol. The van der Waals surface area contributed by atoms with Crippen molar-refractivity contribution in [1.29, 1.82) is 0 Å². The maximum absolute atomic E-state index is 12.6. The minimum atomic E-state index is -3.07. The van der Waals surface area contributed by atoms with Gasteiger partial charge in [0.2, 0.25) is 0 Å². The number of hydrogen-bond acceptors (Lipinski definition) is 2. The summed E-state index contributed by atoms with van der Waals surface area (Å²) in [6.45, 7) is -1.99. The molecule has 0 aromatic heterocycles. The van der Waals surface area contributed by atoms with Crippen LogP contribution < -0.4 is 4.74 Å². The normalized spacial score (nSPS) is 11.1. The zero-order valence-corrected chi connectivity index (χ0v) is 10.7. The highest BCUT2D eigenvalue weighted by Gasteiger charge is 2.20. The molecule has 0 aliphatic rings. The fourth-order valence-corrected chi connectivity index (χ4v) is 1.86. The summed E-state index contributed by atoms with van der Waals surface area (Å²) < 4.78 is 53.5. The molecule has 0 saturated heterocycles. The highest BCUT2D eigenvalue weighted by Crippen LogP contribution is 2.32. The first-order chi connectivity index (χ1) is 7.82. The molecule has 0 aliphatic heterocycles. The molecule has 0 unspecified atom stereocenters. The van der Waals surface area contributed by atoms with Gasteiger partial charge in [0, 0.05) is 11.1 Å². The lowest BCUT2D eigenvalue weighted by Crippen LogP contribution is -2.07. The van der Waals surface area contributed by atoms with E-state index >= 15 is 0 Å². The molecule has 0 atom stereocenters. The summed E-state index contributed by atoms with van der Waals surface area (Å²) in [6.07, 6.45) is -2.84. The average Bonchev–Trinajstić information content (AvgIpc) is 2.19. The summed E-state index contributed by atoms with van der Waals surface area (Å²) in [5, 5.41) is 0. The van der Waals surface area contributed by atoms with Crippen LogP contribution in [0.25, 0.3) is 0 Å². The number of ketones is 1. The Balaban J connectivity index is 3.29. The van der Waals surface area contributed by atoms with Crippen molar-refractivity contribution in [3.63, 3.8) is 0 Å². The second kappa shape index (κ2) is 5.65. The fraction of sp³-hybridized carbons (Fsp3) is 0.300. The van der Waals surface area contributed by atoms with Gasteiger partial charge in [-0.05, 0) is 41.6 Å². The summed E-state index contributed by atoms with van der Waals surface area (Å²) in [4.78, 5) is 11.1. The lowest BCUT2D eigenvalue weighted by molar-refractivity contribution is -0.0504. The quantitative estimate of drug-likeness (QED) is 0.459. The summed E-state index contributed by atoms with van der Waals surface area (Å²) in [5.74, 6) is -0.911. The monoisotopic (exact) mass is 362 g/mol. The van der Waals surface area contributed by atoms with Crippen LogP contribution in [0.5, 0.6) is 5.75 Å². The van der Waals surface area contributed by atoms with Gasteiger partial charge in [0.05, 0.1) is 3.57 Å². The molecule has 0 amide bonds. The summed E-state index contributed by atoms with van der Waals surface area (Å²) in [7, 11) is 0. The molecule has 0 fully saturated rings. The Hall–Kier alpha value is -0.860. The van der Waals surface area contributed by atoms with Crippen molar-refractivity contribution in [2.75, 3.05) is 0 Å². The van der Waals surface area contributed by atoms with Crippen molar-refractivity contribution in [1.82, 2.24) is 0 Å². The van der Waals surface area contributed by atoms with Gasteiger partial charge in [-0.3, -0.25) is 4.79 Å². The molecule has 0 radical (unpaired) electrons. The van der Waals surface area contributed by atoms with Crippen molar-refractivity contribution in [3.8, 4) is 5.75 Å². The molecule has 1 aromatic rings. The van der Waals surface area contributed by atoms with E-state index in [1.807, 2.05) is 0 Å². The Morgan fingerprint density at radius 3 is 2.29 bits per heavy atom. The van der Waals surface area contributed by atoms with Gasteiger partial charge in [0.15, 0.2) is 5.78 Å². The smallest absolute Gasteiger partial charge is 0.387 e. The summed E-state index contributed by atoms with van der Waals surface area (Å²) >= 11 is 1.59. The van der Waals surface area contributed by atoms with E-state index in [4.69, 9.17) is 0 Å². The number of hydrogen-bond donors (Lipinski definition) is 0. The lowest BCUT2D eigenvalue weighted by Gasteiger charge is -2.12. The number of ether oxygens (including phenoxy) is 1. The van der Waals surface area contributed by atoms with Crippen molar-refractivity contribution >= 4 is 28.4 Å². The molecule has 0 aliphatic carbocycles. The van der Waals surface area contributed by atoms with Gasteiger partial charge in [-0.25, -0.2) is 8.78 Å². The third kappa shape index (κ3) is 3.55. The summed E-state index contributed by atoms with van der Waals surface area (Å²) in [5.41, 5.74) is -0.792. The van der Waals surface area contributed by atoms with E-state index in [1.165, 1.54) is 0 Å². The predicted molar refractivity (Wildman–Crippen MR) is 60.8 cm³/mol. The Labute approximate surface area is 108 Å². The van der Waals surface area contributed by atoms with Crippen molar-refractivity contribution in [2.24, 2.45) is 0 Å². The zero-order valence-electron chi connectivity index (χ0n) is 8.52. The highest BCUT2D eigenvalue weighted by molar-refractivity contribution is 14.1. The van der Waals surface area contributed by atoms with Crippen molar-refractivity contribution in [3.05, 3.63) is 26.8 Å². The zero-order chi connectivity index (χ0) is 13.2. The molecule has 2 nitrogen and oxygen atoms in total. The van der Waals surface area contributed by atoms with Crippen LogP contribution in [-0.2, 0) is 0 Å². The Morgan fingerprint density at radius 2 is 1.88 bits per heavy atom. The van der Waals surface area contributed by atoms with E-state index in [-0.39, 0.29) is 14.9 Å². The molecular formula is C10H7F4IO2. The minimum absolute atomic E-state index is 0.100. The number of alkyl halides is 4. The van der Waals surface area contributed by atoms with Crippen LogP contribution in [0.4, 0.5) is 17.6 Å². The van der Waals surface area contributed by atoms with Crippen molar-refractivity contribution in [2.45, 2.75) is 20.0 Å². The van der Waals surface area contributed by atoms with Gasteiger partial charge in [-0.15, -0.1) is 0 Å². The lowest BCUT2D eigenvalue weighted by atomic mass is 10.0. The molecule has 0 N–H and O–H groups in total. The van der Waals surface area contributed by atoms with E-state index in [2.05, 4.69) is 4.74 Å². The van der Waals surface area contributed by atoms with E-state index in [1.54, 1.807) is 22.6 Å². The highest BCUT2D eigenvalue weighted by atomic mass is 127. The molecule has 94 valence electrons. The number of rotatable bonds is 4. The maximum Gasteiger partial charge on any atom is 0.387 e. The molecule has 0 heterocycles. The molecule has 1 rings (SSSR count). The standard InChI is InChI=1S/C10H7F4IO2/c1-4(16)5-3-8(17-10(13)14)7(15)2-6(5)9(11)12/h2-3,9-10H,1H3. The molecule has 0 saturated carbocycles. The second-order valence-electron chi connectivity index (χ2n) is 3.11. The van der Waals surface area contributed by atoms with Crippen LogP contribution in [0.1, 0.15) is 29.3 Å².